The van der Waals surface area contributed by atoms with Gasteiger partial charge >= 0.3 is 0 Å². The van der Waals surface area contributed by atoms with Crippen molar-refractivity contribution in [2.24, 2.45) is 0 Å². The molecule has 1 atom stereocenters. The number of hydrogen-bond donors (Lipinski definition) is 1. The largest absolute Gasteiger partial charge is 0.324 e. The van der Waals surface area contributed by atoms with E-state index in [0.29, 0.717) is 21.8 Å². The van der Waals surface area contributed by atoms with Gasteiger partial charge in [0.15, 0.2) is 0 Å². The molecule has 1 aromatic heterocycles. The predicted molar refractivity (Wildman–Crippen MR) is 101 cm³/mol. The van der Waals surface area contributed by atoms with E-state index in [4.69, 9.17) is 5.26 Å². The van der Waals surface area contributed by atoms with Crippen molar-refractivity contribution < 1.29 is 4.79 Å². The molecule has 1 N–H and O–H groups in total. The Morgan fingerprint density at radius 3 is 2.77 bits per heavy atom. The number of nitriles is 2. The van der Waals surface area contributed by atoms with Gasteiger partial charge in [0, 0.05) is 5.69 Å². The summed E-state index contributed by atoms with van der Waals surface area (Å²) in [7, 11) is 0. The van der Waals surface area contributed by atoms with Gasteiger partial charge in [-0.05, 0) is 56.4 Å². The third kappa shape index (κ3) is 3.42. The molecule has 1 aliphatic rings. The van der Waals surface area contributed by atoms with Crippen LogP contribution in [-0.2, 0) is 17.6 Å². The van der Waals surface area contributed by atoms with Gasteiger partial charge in [0.1, 0.15) is 17.2 Å². The summed E-state index contributed by atoms with van der Waals surface area (Å²) >= 11 is 1.29. The Morgan fingerprint density at radius 2 is 2.04 bits per heavy atom. The summed E-state index contributed by atoms with van der Waals surface area (Å²) in [5.41, 5.74) is 4.69. The second-order valence-electron chi connectivity index (χ2n) is 6.21. The lowest BCUT2D eigenvalue weighted by Gasteiger charge is -2.15. The summed E-state index contributed by atoms with van der Waals surface area (Å²) in [4.78, 5) is 17.2. The molecule has 130 valence electrons. The van der Waals surface area contributed by atoms with Gasteiger partial charge in [0.25, 0.3) is 0 Å². The molecule has 0 saturated carbocycles. The van der Waals surface area contributed by atoms with E-state index in [-0.39, 0.29) is 5.91 Å². The van der Waals surface area contributed by atoms with E-state index in [0.717, 1.165) is 30.5 Å². The molecular formula is C20H18N4OS. The van der Waals surface area contributed by atoms with Crippen molar-refractivity contribution in [2.75, 3.05) is 5.32 Å². The summed E-state index contributed by atoms with van der Waals surface area (Å²) in [5, 5.41) is 21.6. The molecule has 0 aliphatic heterocycles. The topological polar surface area (TPSA) is 89.6 Å². The molecule has 6 heteroatoms. The molecule has 26 heavy (non-hydrogen) atoms. The Balaban J connectivity index is 1.81. The van der Waals surface area contributed by atoms with Crippen molar-refractivity contribution in [3.8, 4) is 12.1 Å². The predicted octanol–water partition coefficient (Wildman–Crippen LogP) is 3.74. The lowest BCUT2D eigenvalue weighted by atomic mass is 10.0. The maximum Gasteiger partial charge on any atom is 0.237 e. The van der Waals surface area contributed by atoms with Gasteiger partial charge in [-0.2, -0.15) is 10.5 Å². The number of hydrogen-bond acceptors (Lipinski definition) is 5. The number of amides is 1. The third-order valence-corrected chi connectivity index (χ3v) is 5.63. The van der Waals surface area contributed by atoms with E-state index < -0.39 is 5.25 Å². The number of benzene rings is 1. The zero-order valence-corrected chi connectivity index (χ0v) is 15.5. The minimum atomic E-state index is -0.444. The molecule has 5 nitrogen and oxygen atoms in total. The maximum absolute atomic E-state index is 12.6. The lowest BCUT2D eigenvalue weighted by molar-refractivity contribution is -0.115. The van der Waals surface area contributed by atoms with Crippen molar-refractivity contribution in [2.45, 2.75) is 43.4 Å². The van der Waals surface area contributed by atoms with Crippen molar-refractivity contribution in [3.05, 3.63) is 52.2 Å². The van der Waals surface area contributed by atoms with Crippen molar-refractivity contribution >= 4 is 23.4 Å². The Labute approximate surface area is 157 Å². The van der Waals surface area contributed by atoms with Crippen LogP contribution < -0.4 is 5.32 Å². The van der Waals surface area contributed by atoms with Crippen molar-refractivity contribution in [3.63, 3.8) is 0 Å². The first-order valence-corrected chi connectivity index (χ1v) is 9.32. The van der Waals surface area contributed by atoms with Crippen LogP contribution in [-0.4, -0.2) is 16.1 Å². The average Bonchev–Trinajstić information content (AvgIpc) is 3.11. The maximum atomic E-state index is 12.6. The molecule has 0 bridgehead atoms. The highest BCUT2D eigenvalue weighted by molar-refractivity contribution is 8.00. The molecule has 0 saturated heterocycles. The first-order valence-electron chi connectivity index (χ1n) is 8.44. The normalized spacial score (nSPS) is 13.4. The Hall–Kier alpha value is -2.83. The highest BCUT2D eigenvalue weighted by Gasteiger charge is 2.24. The fraction of sp³-hybridized carbons (Fsp3) is 0.300. The Bertz CT molecular complexity index is 956. The Kier molecular flexibility index (Phi) is 5.25. The average molecular weight is 362 g/mol. The van der Waals surface area contributed by atoms with Crippen LogP contribution in [0.5, 0.6) is 0 Å². The number of anilines is 1. The number of carbonyl (C=O) groups is 1. The monoisotopic (exact) mass is 362 g/mol. The molecule has 2 aromatic rings. The van der Waals surface area contributed by atoms with Crippen LogP contribution in [0.2, 0.25) is 0 Å². The summed E-state index contributed by atoms with van der Waals surface area (Å²) in [6.45, 7) is 3.74. The van der Waals surface area contributed by atoms with E-state index >= 15 is 0 Å². The van der Waals surface area contributed by atoms with E-state index in [1.54, 1.807) is 31.2 Å². The highest BCUT2D eigenvalue weighted by Crippen LogP contribution is 2.33. The van der Waals surface area contributed by atoms with Crippen molar-refractivity contribution in [1.82, 2.24) is 4.98 Å². The first-order chi connectivity index (χ1) is 12.5. The molecule has 1 unspecified atom stereocenters. The Morgan fingerprint density at radius 1 is 1.27 bits per heavy atom. The first kappa shape index (κ1) is 18.0. The molecule has 3 rings (SSSR count). The SMILES string of the molecule is Cc1c(C#N)c(SC(C)C(=O)Nc2ccccc2C#N)nc2c1CCC2. The quantitative estimate of drug-likeness (QED) is 0.837. The van der Waals surface area contributed by atoms with Gasteiger partial charge in [0.2, 0.25) is 5.91 Å². The number of rotatable bonds is 4. The summed E-state index contributed by atoms with van der Waals surface area (Å²) in [6.07, 6.45) is 2.95. The van der Waals surface area contributed by atoms with Gasteiger partial charge < -0.3 is 5.32 Å². The fourth-order valence-electron chi connectivity index (χ4n) is 3.11. The number of para-hydroxylation sites is 1. The molecule has 1 amide bonds. The molecule has 1 aromatic carbocycles. The summed E-state index contributed by atoms with van der Waals surface area (Å²) < 4.78 is 0. The minimum Gasteiger partial charge on any atom is -0.324 e. The second-order valence-corrected chi connectivity index (χ2v) is 7.54. The van der Waals surface area contributed by atoms with Crippen LogP contribution in [0.25, 0.3) is 0 Å². The van der Waals surface area contributed by atoms with Gasteiger partial charge in [0.05, 0.1) is 22.1 Å². The van der Waals surface area contributed by atoms with Crippen LogP contribution in [0.4, 0.5) is 5.69 Å². The smallest absolute Gasteiger partial charge is 0.237 e. The fourth-order valence-corrected chi connectivity index (χ4v) is 4.09. The summed E-state index contributed by atoms with van der Waals surface area (Å²) in [5.74, 6) is -0.221. The van der Waals surface area contributed by atoms with Crippen LogP contribution in [0.15, 0.2) is 29.3 Å². The number of aromatic nitrogens is 1. The molecular weight excluding hydrogens is 344 g/mol. The molecule has 0 spiro atoms. The number of nitrogens with zero attached hydrogens (tertiary/aromatic N) is 3. The zero-order valence-electron chi connectivity index (χ0n) is 14.7. The van der Waals surface area contributed by atoms with Gasteiger partial charge in [-0.15, -0.1) is 0 Å². The highest BCUT2D eigenvalue weighted by atomic mass is 32.2. The number of nitrogens with one attached hydrogen (secondary N) is 1. The molecule has 0 fully saturated rings. The zero-order chi connectivity index (χ0) is 18.7. The van der Waals surface area contributed by atoms with Crippen LogP contribution in [0.1, 0.15) is 41.3 Å². The second kappa shape index (κ2) is 7.59. The minimum absolute atomic E-state index is 0.221. The van der Waals surface area contributed by atoms with Crippen LogP contribution in [0.3, 0.4) is 0 Å². The van der Waals surface area contributed by atoms with Crippen molar-refractivity contribution in [1.29, 1.82) is 10.5 Å². The number of aryl methyl sites for hydroxylation is 1. The standard InChI is InChI=1S/C20H18N4OS/c1-12-15-7-5-9-18(15)24-20(16(12)11-22)26-13(2)19(25)23-17-8-4-3-6-14(17)10-21/h3-4,6,8,13H,5,7,9H2,1-2H3,(H,23,25). The lowest BCUT2D eigenvalue weighted by Crippen LogP contribution is -2.23. The van der Waals surface area contributed by atoms with E-state index in [9.17, 15) is 10.1 Å². The summed E-state index contributed by atoms with van der Waals surface area (Å²) in [6, 6.07) is 11.2. The van der Waals surface area contributed by atoms with Gasteiger partial charge in [-0.1, -0.05) is 23.9 Å². The van der Waals surface area contributed by atoms with Gasteiger partial charge in [-0.3, -0.25) is 4.79 Å². The number of fused-ring (bicyclic) bond motifs is 1. The number of pyridine rings is 1. The van der Waals surface area contributed by atoms with Gasteiger partial charge in [-0.25, -0.2) is 4.98 Å². The molecule has 0 radical (unpaired) electrons. The van der Waals surface area contributed by atoms with Crippen LogP contribution in [0, 0.1) is 29.6 Å². The van der Waals surface area contributed by atoms with E-state index in [1.165, 1.54) is 17.3 Å². The molecule has 1 heterocycles. The third-order valence-electron chi connectivity index (χ3n) is 4.54. The number of carbonyl (C=O) groups excluding carboxylic acids is 1. The van der Waals surface area contributed by atoms with E-state index in [2.05, 4.69) is 22.4 Å². The van der Waals surface area contributed by atoms with E-state index in [1.807, 2.05) is 6.92 Å². The molecule has 1 aliphatic carbocycles. The van der Waals surface area contributed by atoms with Crippen LogP contribution >= 0.6 is 11.8 Å². The number of thioether (sulfide) groups is 1.